The number of phenolic OH excluding ortho intramolecular Hbond substituents is 1. The highest BCUT2D eigenvalue weighted by Crippen LogP contribution is 2.32. The lowest BCUT2D eigenvalue weighted by Gasteiger charge is -2.11. The van der Waals surface area contributed by atoms with Crippen molar-refractivity contribution in [2.75, 3.05) is 0 Å². The topological polar surface area (TPSA) is 49.7 Å². The van der Waals surface area contributed by atoms with Crippen molar-refractivity contribution in [2.45, 2.75) is 44.6 Å². The van der Waals surface area contributed by atoms with Crippen molar-refractivity contribution in [1.29, 1.82) is 0 Å². The Morgan fingerprint density at radius 1 is 0.864 bits per heavy atom. The molecule has 1 atom stereocenters. The van der Waals surface area contributed by atoms with E-state index >= 15 is 0 Å². The summed E-state index contributed by atoms with van der Waals surface area (Å²) in [7, 11) is 0. The van der Waals surface area contributed by atoms with E-state index in [1.165, 1.54) is 5.56 Å². The van der Waals surface area contributed by atoms with E-state index in [1.807, 2.05) is 24.3 Å². The van der Waals surface area contributed by atoms with Gasteiger partial charge in [-0.2, -0.15) is 0 Å². The van der Waals surface area contributed by atoms with Crippen molar-refractivity contribution in [3.05, 3.63) is 53.6 Å². The van der Waals surface area contributed by atoms with Crippen LogP contribution in [0.3, 0.4) is 0 Å². The van der Waals surface area contributed by atoms with E-state index in [0.717, 1.165) is 49.8 Å². The molecule has 2 aromatic rings. The Morgan fingerprint density at radius 3 is 2.45 bits per heavy atom. The van der Waals surface area contributed by atoms with Crippen LogP contribution in [0, 0.1) is 0 Å². The van der Waals surface area contributed by atoms with Gasteiger partial charge in [0.25, 0.3) is 0 Å². The van der Waals surface area contributed by atoms with Crippen molar-refractivity contribution < 1.29 is 14.9 Å². The van der Waals surface area contributed by atoms with Crippen LogP contribution in [-0.4, -0.2) is 16.3 Å². The van der Waals surface area contributed by atoms with Gasteiger partial charge in [0, 0.05) is 0 Å². The predicted octanol–water partition coefficient (Wildman–Crippen LogP) is 4.20. The number of aryl methyl sites for hydroxylation is 2. The van der Waals surface area contributed by atoms with Gasteiger partial charge in [0.05, 0.1) is 6.10 Å². The molecule has 116 valence electrons. The number of phenols is 1. The van der Waals surface area contributed by atoms with E-state index in [-0.39, 0.29) is 11.9 Å². The molecule has 4 bridgehead atoms. The van der Waals surface area contributed by atoms with Gasteiger partial charge in [0.1, 0.15) is 5.75 Å². The van der Waals surface area contributed by atoms with E-state index in [0.29, 0.717) is 5.75 Å². The molecule has 0 amide bonds. The van der Waals surface area contributed by atoms with Crippen LogP contribution in [0.4, 0.5) is 0 Å². The van der Waals surface area contributed by atoms with Crippen LogP contribution in [-0.2, 0) is 12.8 Å². The number of rotatable bonds is 0. The summed E-state index contributed by atoms with van der Waals surface area (Å²) >= 11 is 0. The van der Waals surface area contributed by atoms with Crippen LogP contribution < -0.4 is 4.74 Å². The largest absolute Gasteiger partial charge is 0.504 e. The first-order valence-corrected chi connectivity index (χ1v) is 7.97. The summed E-state index contributed by atoms with van der Waals surface area (Å²) in [6, 6.07) is 13.4. The molecule has 0 fully saturated rings. The van der Waals surface area contributed by atoms with Crippen LogP contribution in [0.25, 0.3) is 0 Å². The van der Waals surface area contributed by atoms with Crippen LogP contribution >= 0.6 is 0 Å². The molecule has 0 radical (unpaired) electrons. The van der Waals surface area contributed by atoms with Gasteiger partial charge in [0.2, 0.25) is 0 Å². The Labute approximate surface area is 131 Å². The van der Waals surface area contributed by atoms with Gasteiger partial charge in [-0.25, -0.2) is 0 Å². The van der Waals surface area contributed by atoms with Crippen molar-refractivity contribution >= 4 is 0 Å². The van der Waals surface area contributed by atoms with Gasteiger partial charge in [0.15, 0.2) is 11.5 Å². The molecule has 3 nitrogen and oxygen atoms in total. The average Bonchev–Trinajstić information content (AvgIpc) is 2.54. The van der Waals surface area contributed by atoms with Gasteiger partial charge >= 0.3 is 0 Å². The van der Waals surface area contributed by atoms with Crippen LogP contribution in [0.2, 0.25) is 0 Å². The molecular formula is C19H22O3. The summed E-state index contributed by atoms with van der Waals surface area (Å²) in [4.78, 5) is 0. The average molecular weight is 298 g/mol. The first-order chi connectivity index (χ1) is 10.7. The normalized spacial score (nSPS) is 19.0. The van der Waals surface area contributed by atoms with Crippen molar-refractivity contribution in [3.63, 3.8) is 0 Å². The second-order valence-corrected chi connectivity index (χ2v) is 5.99. The predicted molar refractivity (Wildman–Crippen MR) is 86.5 cm³/mol. The summed E-state index contributed by atoms with van der Waals surface area (Å²) in [5, 5.41) is 20.0. The van der Waals surface area contributed by atoms with Crippen LogP contribution in [0.5, 0.6) is 17.2 Å². The third-order valence-corrected chi connectivity index (χ3v) is 4.19. The molecule has 2 aliphatic rings. The summed E-state index contributed by atoms with van der Waals surface area (Å²) < 4.78 is 5.79. The molecule has 0 aliphatic carbocycles. The zero-order valence-corrected chi connectivity index (χ0v) is 12.7. The Balaban J connectivity index is 1.88. The smallest absolute Gasteiger partial charge is 0.169 e. The molecule has 0 spiro atoms. The minimum absolute atomic E-state index is 0.137. The maximum atomic E-state index is 10.1. The highest BCUT2D eigenvalue weighted by molar-refractivity contribution is 5.45. The third-order valence-electron chi connectivity index (χ3n) is 4.19. The molecule has 2 heterocycles. The lowest BCUT2D eigenvalue weighted by atomic mass is 10.0. The lowest BCUT2D eigenvalue weighted by Crippen LogP contribution is -2.08. The first-order valence-electron chi connectivity index (χ1n) is 7.97. The van der Waals surface area contributed by atoms with E-state index < -0.39 is 0 Å². The molecule has 4 rings (SSSR count). The van der Waals surface area contributed by atoms with Crippen molar-refractivity contribution in [1.82, 2.24) is 0 Å². The summed E-state index contributed by atoms with van der Waals surface area (Å²) in [5.41, 5.74) is 2.34. The Morgan fingerprint density at radius 2 is 1.64 bits per heavy atom. The standard InChI is InChI=1S/C19H22O3/c20-16-4-2-1-3-14-6-10-17(11-7-14)22-19-13-15(5-9-16)8-12-18(19)21/h6-8,10-13,16,20-21H,1-5,9H2/t16-/m1/s1. The van der Waals surface area contributed by atoms with Gasteiger partial charge < -0.3 is 14.9 Å². The van der Waals surface area contributed by atoms with Crippen LogP contribution in [0.1, 0.15) is 36.8 Å². The maximum absolute atomic E-state index is 10.1. The van der Waals surface area contributed by atoms with Crippen LogP contribution in [0.15, 0.2) is 42.5 Å². The lowest BCUT2D eigenvalue weighted by molar-refractivity contribution is 0.151. The molecule has 0 saturated carbocycles. The SMILES string of the molecule is Oc1ccc2cc1Oc1ccc(cc1)CCCC[C@@H](O)CC2. The number of aliphatic hydroxyl groups excluding tert-OH is 1. The summed E-state index contributed by atoms with van der Waals surface area (Å²) in [6.45, 7) is 0. The Bertz CT molecular complexity index is 619. The molecule has 22 heavy (non-hydrogen) atoms. The molecular weight excluding hydrogens is 276 g/mol. The highest BCUT2D eigenvalue weighted by atomic mass is 16.5. The number of hydrogen-bond donors (Lipinski definition) is 2. The summed E-state index contributed by atoms with van der Waals surface area (Å²) in [6.07, 6.45) is 5.27. The highest BCUT2D eigenvalue weighted by Gasteiger charge is 2.10. The number of benzene rings is 2. The van der Waals surface area contributed by atoms with E-state index in [2.05, 4.69) is 12.1 Å². The molecule has 0 unspecified atom stereocenters. The molecule has 2 aliphatic heterocycles. The number of hydrogen-bond acceptors (Lipinski definition) is 3. The summed E-state index contributed by atoms with van der Waals surface area (Å²) in [5.74, 6) is 1.33. The zero-order chi connectivity index (χ0) is 15.4. The minimum atomic E-state index is -0.259. The number of aromatic hydroxyl groups is 1. The fourth-order valence-corrected chi connectivity index (χ4v) is 2.83. The molecule has 0 saturated heterocycles. The third kappa shape index (κ3) is 3.80. The van der Waals surface area contributed by atoms with E-state index in [9.17, 15) is 10.2 Å². The molecule has 2 aromatic carbocycles. The fourth-order valence-electron chi connectivity index (χ4n) is 2.83. The van der Waals surface area contributed by atoms with Gasteiger partial charge in [-0.3, -0.25) is 0 Å². The number of aliphatic hydroxyl groups is 1. The second kappa shape index (κ2) is 6.84. The fraction of sp³-hybridized carbons (Fsp3) is 0.368. The quantitative estimate of drug-likeness (QED) is 0.766. The molecule has 3 heteroatoms. The van der Waals surface area contributed by atoms with Gasteiger partial charge in [-0.1, -0.05) is 24.6 Å². The monoisotopic (exact) mass is 298 g/mol. The molecule has 2 N–H and O–H groups in total. The van der Waals surface area contributed by atoms with Crippen molar-refractivity contribution in [3.8, 4) is 17.2 Å². The van der Waals surface area contributed by atoms with Gasteiger partial charge in [-0.15, -0.1) is 0 Å². The minimum Gasteiger partial charge on any atom is -0.504 e. The number of ether oxygens (including phenoxy) is 1. The van der Waals surface area contributed by atoms with Gasteiger partial charge in [-0.05, 0) is 67.5 Å². The Kier molecular flexibility index (Phi) is 4.64. The van der Waals surface area contributed by atoms with E-state index in [1.54, 1.807) is 6.07 Å². The first kappa shape index (κ1) is 14.9. The second-order valence-electron chi connectivity index (χ2n) is 5.99. The molecule has 0 aromatic heterocycles. The Hall–Kier alpha value is -2.00. The maximum Gasteiger partial charge on any atom is 0.169 e. The van der Waals surface area contributed by atoms with Crippen molar-refractivity contribution in [2.24, 2.45) is 0 Å². The zero-order valence-electron chi connectivity index (χ0n) is 12.7. The van der Waals surface area contributed by atoms with E-state index in [4.69, 9.17) is 4.74 Å². The number of fused-ring (bicyclic) bond motifs is 8.